The number of piperidine rings is 1. The predicted molar refractivity (Wildman–Crippen MR) is 109 cm³/mol. The van der Waals surface area contributed by atoms with Crippen LogP contribution in [0.5, 0.6) is 0 Å². The number of nitrogens with zero attached hydrogens (tertiary/aromatic N) is 5. The van der Waals surface area contributed by atoms with Crippen LogP contribution in [-0.2, 0) is 11.3 Å². The number of anilines is 1. The largest absolute Gasteiger partial charge is 0.398 e. The smallest absolute Gasteiger partial charge is 0.236 e. The quantitative estimate of drug-likeness (QED) is 0.617. The second-order valence-corrected chi connectivity index (χ2v) is 6.79. The van der Waals surface area contributed by atoms with Gasteiger partial charge in [0.2, 0.25) is 5.91 Å². The van der Waals surface area contributed by atoms with E-state index in [0.29, 0.717) is 12.2 Å². The molecule has 4 N–H and O–H groups in total. The van der Waals surface area contributed by atoms with Gasteiger partial charge in [-0.25, -0.2) is 4.98 Å². The van der Waals surface area contributed by atoms with Crippen molar-refractivity contribution in [1.29, 1.82) is 5.26 Å². The number of aromatic amines is 1. The first-order valence-corrected chi connectivity index (χ1v) is 9.65. The Bertz CT molecular complexity index is 996. The maximum Gasteiger partial charge on any atom is 0.236 e. The Hall–Kier alpha value is -3.38. The summed E-state index contributed by atoms with van der Waals surface area (Å²) in [4.78, 5) is 20.2. The van der Waals surface area contributed by atoms with Crippen LogP contribution in [0.2, 0.25) is 0 Å². The van der Waals surface area contributed by atoms with Crippen molar-refractivity contribution in [2.24, 2.45) is 0 Å². The maximum absolute atomic E-state index is 11.1. The van der Waals surface area contributed by atoms with Gasteiger partial charge in [0.1, 0.15) is 12.1 Å². The highest BCUT2D eigenvalue weighted by atomic mass is 16.3. The number of aliphatic hydroxyl groups is 1. The second kappa shape index (κ2) is 9.71. The molecule has 0 spiro atoms. The molecule has 0 atom stereocenters. The average Bonchev–Trinajstić information content (AvgIpc) is 3.40. The normalized spacial score (nSPS) is 13.6. The molecule has 0 aliphatic carbocycles. The number of fused-ring (bicyclic) bond motifs is 1. The van der Waals surface area contributed by atoms with Crippen molar-refractivity contribution in [3.8, 4) is 17.3 Å². The molecule has 1 amide bonds. The van der Waals surface area contributed by atoms with E-state index in [-0.39, 0.29) is 18.9 Å². The minimum Gasteiger partial charge on any atom is -0.398 e. The standard InChI is InChI=1S/C12H13N5O.C8H12N2O/c13-11-8-1-3-14-12(8)15-7-9(11)10-2-4-17(16-10)5-6-18;9-5-4-8(11)10-6-2-1-3-7-10/h1-4,7,18H,5-6H2,(H3,13,14,15);1-4,6-7H2. The zero-order valence-corrected chi connectivity index (χ0v) is 16.2. The van der Waals surface area contributed by atoms with Crippen LogP contribution < -0.4 is 5.73 Å². The van der Waals surface area contributed by atoms with Crippen LogP contribution in [0, 0.1) is 11.3 Å². The van der Waals surface area contributed by atoms with Gasteiger partial charge in [-0.2, -0.15) is 10.4 Å². The van der Waals surface area contributed by atoms with Crippen LogP contribution in [0.25, 0.3) is 22.3 Å². The highest BCUT2D eigenvalue weighted by Gasteiger charge is 2.15. The van der Waals surface area contributed by atoms with Crippen molar-refractivity contribution in [2.45, 2.75) is 32.2 Å². The molecule has 4 heterocycles. The molecular weight excluding hydrogens is 370 g/mol. The van der Waals surface area contributed by atoms with Gasteiger partial charge in [-0.15, -0.1) is 0 Å². The lowest BCUT2D eigenvalue weighted by molar-refractivity contribution is -0.130. The molecule has 9 nitrogen and oxygen atoms in total. The van der Waals surface area contributed by atoms with Crippen LogP contribution >= 0.6 is 0 Å². The summed E-state index contributed by atoms with van der Waals surface area (Å²) >= 11 is 0. The van der Waals surface area contributed by atoms with Gasteiger partial charge in [-0.3, -0.25) is 9.48 Å². The Labute approximate surface area is 168 Å². The van der Waals surface area contributed by atoms with E-state index in [1.54, 1.807) is 15.8 Å². The molecule has 3 aromatic rings. The molecule has 1 saturated heterocycles. The summed E-state index contributed by atoms with van der Waals surface area (Å²) in [7, 11) is 0. The molecule has 29 heavy (non-hydrogen) atoms. The third-order valence-corrected chi connectivity index (χ3v) is 4.81. The van der Waals surface area contributed by atoms with Crippen molar-refractivity contribution in [3.05, 3.63) is 30.7 Å². The van der Waals surface area contributed by atoms with Gasteiger partial charge < -0.3 is 20.7 Å². The Morgan fingerprint density at radius 3 is 2.83 bits per heavy atom. The van der Waals surface area contributed by atoms with E-state index in [1.807, 2.05) is 30.6 Å². The molecule has 3 aromatic heterocycles. The number of carbonyl (C=O) groups excluding carboxylic acids is 1. The summed E-state index contributed by atoms with van der Waals surface area (Å²) in [6.07, 6.45) is 8.78. The Morgan fingerprint density at radius 2 is 2.10 bits per heavy atom. The topological polar surface area (TPSA) is 137 Å². The third kappa shape index (κ3) is 4.92. The van der Waals surface area contributed by atoms with E-state index in [4.69, 9.17) is 16.1 Å². The van der Waals surface area contributed by atoms with Crippen LogP contribution in [-0.4, -0.2) is 55.4 Å². The maximum atomic E-state index is 11.1. The first kappa shape index (κ1) is 20.4. The number of likely N-dealkylation sites (tertiary alicyclic amines) is 1. The van der Waals surface area contributed by atoms with Crippen LogP contribution in [0.4, 0.5) is 5.69 Å². The zero-order valence-electron chi connectivity index (χ0n) is 16.2. The van der Waals surface area contributed by atoms with E-state index in [0.717, 1.165) is 48.2 Å². The van der Waals surface area contributed by atoms with Gasteiger partial charge in [-0.05, 0) is 31.4 Å². The van der Waals surface area contributed by atoms with Crippen molar-refractivity contribution in [1.82, 2.24) is 24.6 Å². The van der Waals surface area contributed by atoms with E-state index in [1.165, 1.54) is 6.42 Å². The van der Waals surface area contributed by atoms with Gasteiger partial charge in [0.25, 0.3) is 0 Å². The highest BCUT2D eigenvalue weighted by Crippen LogP contribution is 2.29. The van der Waals surface area contributed by atoms with E-state index in [9.17, 15) is 4.79 Å². The number of H-pyrrole nitrogens is 1. The summed E-state index contributed by atoms with van der Waals surface area (Å²) in [5.74, 6) is -0.00722. The summed E-state index contributed by atoms with van der Waals surface area (Å²) in [6.45, 7) is 2.23. The van der Waals surface area contributed by atoms with E-state index >= 15 is 0 Å². The number of nitrogens with one attached hydrogen (secondary N) is 1. The number of aliphatic hydroxyl groups excluding tert-OH is 1. The Balaban J connectivity index is 0.000000188. The van der Waals surface area contributed by atoms with Crippen LogP contribution in [0.15, 0.2) is 30.7 Å². The lowest BCUT2D eigenvalue weighted by atomic mass is 10.1. The molecule has 152 valence electrons. The summed E-state index contributed by atoms with van der Waals surface area (Å²) in [6, 6.07) is 5.63. The first-order chi connectivity index (χ1) is 14.1. The van der Waals surface area contributed by atoms with Crippen molar-refractivity contribution in [3.63, 3.8) is 0 Å². The van der Waals surface area contributed by atoms with Gasteiger partial charge in [0.05, 0.1) is 30.6 Å². The monoisotopic (exact) mass is 395 g/mol. The Morgan fingerprint density at radius 1 is 1.31 bits per heavy atom. The fraction of sp³-hybridized carbons (Fsp3) is 0.400. The molecule has 1 fully saturated rings. The van der Waals surface area contributed by atoms with Crippen molar-refractivity contribution >= 4 is 22.6 Å². The fourth-order valence-electron chi connectivity index (χ4n) is 3.29. The number of pyridine rings is 1. The summed E-state index contributed by atoms with van der Waals surface area (Å²) in [5.41, 5.74) is 9.12. The second-order valence-electron chi connectivity index (χ2n) is 6.79. The number of amides is 1. The summed E-state index contributed by atoms with van der Waals surface area (Å²) < 4.78 is 1.68. The number of rotatable bonds is 4. The van der Waals surface area contributed by atoms with E-state index in [2.05, 4.69) is 15.1 Å². The van der Waals surface area contributed by atoms with Gasteiger partial charge in [0.15, 0.2) is 0 Å². The Kier molecular flexibility index (Phi) is 6.81. The molecule has 1 aliphatic rings. The van der Waals surface area contributed by atoms with Crippen molar-refractivity contribution in [2.75, 3.05) is 25.4 Å². The van der Waals surface area contributed by atoms with Gasteiger partial charge in [-0.1, -0.05) is 0 Å². The minimum absolute atomic E-state index is 0.00722. The predicted octanol–water partition coefficient (Wildman–Crippen LogP) is 1.91. The molecule has 9 heteroatoms. The minimum atomic E-state index is -0.00722. The molecule has 0 unspecified atom stereocenters. The zero-order chi connectivity index (χ0) is 20.6. The molecule has 0 bridgehead atoms. The summed E-state index contributed by atoms with van der Waals surface area (Å²) in [5, 5.41) is 22.4. The third-order valence-electron chi connectivity index (χ3n) is 4.81. The van der Waals surface area contributed by atoms with Crippen molar-refractivity contribution < 1.29 is 9.90 Å². The molecule has 0 aromatic carbocycles. The average molecular weight is 395 g/mol. The highest BCUT2D eigenvalue weighted by molar-refractivity contribution is 5.96. The lowest BCUT2D eigenvalue weighted by Crippen LogP contribution is -2.35. The molecule has 4 rings (SSSR count). The fourth-order valence-corrected chi connectivity index (χ4v) is 3.29. The molecule has 0 radical (unpaired) electrons. The van der Waals surface area contributed by atoms with Gasteiger partial charge >= 0.3 is 0 Å². The van der Waals surface area contributed by atoms with E-state index < -0.39 is 0 Å². The number of nitrogen functional groups attached to an aromatic ring is 1. The number of nitrogens with two attached hydrogens (primary N) is 1. The van der Waals surface area contributed by atoms with Crippen LogP contribution in [0.1, 0.15) is 25.7 Å². The SMILES string of the molecule is N#CCC(=O)N1CCCCC1.Nc1c(-c2ccn(CCO)n2)cnc2[nH]ccc12. The lowest BCUT2D eigenvalue weighted by Gasteiger charge is -2.25. The first-order valence-electron chi connectivity index (χ1n) is 9.65. The number of carbonyl (C=O) groups is 1. The molecular formula is C20H25N7O2. The number of hydrogen-bond acceptors (Lipinski definition) is 6. The van der Waals surface area contributed by atoms with Gasteiger partial charge in [0, 0.05) is 42.6 Å². The van der Waals surface area contributed by atoms with Crippen LogP contribution in [0.3, 0.4) is 0 Å². The number of aromatic nitrogens is 4. The number of hydrogen-bond donors (Lipinski definition) is 3. The molecule has 0 saturated carbocycles. The number of nitriles is 1. The molecule has 1 aliphatic heterocycles.